The van der Waals surface area contributed by atoms with Gasteiger partial charge in [0.25, 0.3) is 0 Å². The van der Waals surface area contributed by atoms with E-state index in [1.165, 1.54) is 31.4 Å². The van der Waals surface area contributed by atoms with Gasteiger partial charge in [0.05, 0.1) is 0 Å². The standard InChI is InChI=1S/C21H52N2O2Si3/c1-10-13-21(4)19-27(7,8)25-28(9,17-12-15-23-16-14-22)24-26(5,6)18-20(3)11-2/h20-21,23H,10-19,22H2,1-9H3. The summed E-state index contributed by atoms with van der Waals surface area (Å²) >= 11 is 0. The van der Waals surface area contributed by atoms with E-state index in [4.69, 9.17) is 14.0 Å². The lowest BCUT2D eigenvalue weighted by Gasteiger charge is -2.42. The third kappa shape index (κ3) is 13.7. The molecule has 0 saturated carbocycles. The highest BCUT2D eigenvalue weighted by Crippen LogP contribution is 2.32. The van der Waals surface area contributed by atoms with Gasteiger partial charge >= 0.3 is 8.56 Å². The van der Waals surface area contributed by atoms with E-state index >= 15 is 0 Å². The summed E-state index contributed by atoms with van der Waals surface area (Å²) in [6.45, 7) is 23.9. The molecule has 7 heteroatoms. The molecule has 3 atom stereocenters. The lowest BCUT2D eigenvalue weighted by atomic mass is 10.1. The molecule has 0 aromatic heterocycles. The maximum atomic E-state index is 7.04. The molecular formula is C21H52N2O2Si3. The zero-order chi connectivity index (χ0) is 21.8. The van der Waals surface area contributed by atoms with Gasteiger partial charge in [-0.05, 0) is 75.7 Å². The van der Waals surface area contributed by atoms with Gasteiger partial charge in [0.2, 0.25) is 0 Å². The van der Waals surface area contributed by atoms with Crippen LogP contribution in [0.4, 0.5) is 0 Å². The quantitative estimate of drug-likeness (QED) is 0.214. The van der Waals surface area contributed by atoms with Gasteiger partial charge in [-0.1, -0.05) is 47.0 Å². The minimum Gasteiger partial charge on any atom is -0.436 e. The van der Waals surface area contributed by atoms with Crippen molar-refractivity contribution in [2.75, 3.05) is 19.6 Å². The van der Waals surface area contributed by atoms with Gasteiger partial charge in [-0.3, -0.25) is 0 Å². The minimum absolute atomic E-state index is 0.700. The molecule has 0 heterocycles. The van der Waals surface area contributed by atoms with E-state index in [9.17, 15) is 0 Å². The van der Waals surface area contributed by atoms with E-state index in [1.807, 2.05) is 0 Å². The van der Waals surface area contributed by atoms with Crippen LogP contribution in [0.25, 0.3) is 0 Å². The van der Waals surface area contributed by atoms with E-state index in [0.717, 1.165) is 37.4 Å². The number of nitrogens with one attached hydrogen (secondary N) is 1. The molecule has 0 amide bonds. The lowest BCUT2D eigenvalue weighted by molar-refractivity contribution is 0.364. The Hall–Kier alpha value is 0.491. The van der Waals surface area contributed by atoms with Gasteiger partial charge < -0.3 is 19.3 Å². The van der Waals surface area contributed by atoms with Crippen molar-refractivity contribution in [2.45, 2.75) is 104 Å². The van der Waals surface area contributed by atoms with Gasteiger partial charge in [-0.15, -0.1) is 0 Å². The van der Waals surface area contributed by atoms with Crippen molar-refractivity contribution >= 4 is 25.2 Å². The molecule has 4 nitrogen and oxygen atoms in total. The maximum absolute atomic E-state index is 7.04. The lowest BCUT2D eigenvalue weighted by Crippen LogP contribution is -2.55. The molecule has 0 radical (unpaired) electrons. The van der Waals surface area contributed by atoms with Crippen molar-refractivity contribution in [3.05, 3.63) is 0 Å². The van der Waals surface area contributed by atoms with Crippen molar-refractivity contribution in [1.29, 1.82) is 0 Å². The Bertz CT molecular complexity index is 411. The second kappa shape index (κ2) is 13.7. The van der Waals surface area contributed by atoms with Crippen LogP contribution in [0.15, 0.2) is 0 Å². The number of rotatable bonds is 17. The predicted molar refractivity (Wildman–Crippen MR) is 133 cm³/mol. The Morgan fingerprint density at radius 3 is 1.86 bits per heavy atom. The largest absolute Gasteiger partial charge is 0.436 e. The van der Waals surface area contributed by atoms with Crippen molar-refractivity contribution in [3.8, 4) is 0 Å². The van der Waals surface area contributed by atoms with Crippen LogP contribution in [-0.4, -0.2) is 44.8 Å². The monoisotopic (exact) mass is 448 g/mol. The molecule has 0 aliphatic carbocycles. The second-order valence-corrected chi connectivity index (χ2v) is 22.6. The third-order valence-electron chi connectivity index (χ3n) is 5.45. The number of nitrogens with two attached hydrogens (primary N) is 1. The van der Waals surface area contributed by atoms with Crippen molar-refractivity contribution in [3.63, 3.8) is 0 Å². The van der Waals surface area contributed by atoms with E-state index < -0.39 is 25.2 Å². The second-order valence-electron chi connectivity index (χ2n) is 10.3. The zero-order valence-electron chi connectivity index (χ0n) is 20.6. The molecule has 0 rings (SSSR count). The average molecular weight is 449 g/mol. The Morgan fingerprint density at radius 2 is 1.39 bits per heavy atom. The first-order valence-electron chi connectivity index (χ1n) is 11.7. The Labute approximate surface area is 180 Å². The van der Waals surface area contributed by atoms with Gasteiger partial charge in [0.1, 0.15) is 0 Å². The number of hydrogen-bond acceptors (Lipinski definition) is 4. The Balaban J connectivity index is 5.14. The first kappa shape index (κ1) is 28.5. The molecule has 0 spiro atoms. The Kier molecular flexibility index (Phi) is 14.0. The molecule has 0 bridgehead atoms. The predicted octanol–water partition coefficient (Wildman–Crippen LogP) is 5.92. The van der Waals surface area contributed by atoms with Gasteiger partial charge in [0, 0.05) is 13.1 Å². The summed E-state index contributed by atoms with van der Waals surface area (Å²) < 4.78 is 14.1. The fraction of sp³-hybridized carbons (Fsp3) is 1.00. The smallest absolute Gasteiger partial charge is 0.314 e. The fourth-order valence-electron chi connectivity index (χ4n) is 4.55. The highest BCUT2D eigenvalue weighted by molar-refractivity contribution is 6.88. The van der Waals surface area contributed by atoms with Crippen LogP contribution in [0.5, 0.6) is 0 Å². The normalized spacial score (nSPS) is 17.4. The fourth-order valence-corrected chi connectivity index (χ4v) is 20.6. The van der Waals surface area contributed by atoms with Crippen LogP contribution < -0.4 is 11.1 Å². The van der Waals surface area contributed by atoms with Crippen LogP contribution >= 0.6 is 0 Å². The summed E-state index contributed by atoms with van der Waals surface area (Å²) in [6, 6.07) is 3.56. The topological polar surface area (TPSA) is 56.5 Å². The summed E-state index contributed by atoms with van der Waals surface area (Å²) in [5.41, 5.74) is 5.60. The van der Waals surface area contributed by atoms with E-state index in [1.54, 1.807) is 0 Å². The average Bonchev–Trinajstić information content (AvgIpc) is 2.52. The molecule has 0 aromatic rings. The van der Waals surface area contributed by atoms with Crippen LogP contribution in [0.1, 0.15) is 53.4 Å². The molecule has 0 aliphatic rings. The van der Waals surface area contributed by atoms with Crippen LogP contribution in [0.2, 0.25) is 50.9 Å². The first-order valence-corrected chi connectivity index (χ1v) is 20.4. The molecule has 28 heavy (non-hydrogen) atoms. The van der Waals surface area contributed by atoms with E-state index in [0.29, 0.717) is 6.54 Å². The molecule has 0 aromatic carbocycles. The van der Waals surface area contributed by atoms with Crippen molar-refractivity contribution in [1.82, 2.24) is 5.32 Å². The zero-order valence-corrected chi connectivity index (χ0v) is 23.6. The minimum atomic E-state index is -2.20. The van der Waals surface area contributed by atoms with Crippen LogP contribution in [-0.2, 0) is 8.23 Å². The molecule has 170 valence electrons. The maximum Gasteiger partial charge on any atom is 0.314 e. The van der Waals surface area contributed by atoms with Gasteiger partial charge in [0.15, 0.2) is 16.6 Å². The van der Waals surface area contributed by atoms with Crippen molar-refractivity contribution in [2.24, 2.45) is 17.6 Å². The highest BCUT2D eigenvalue weighted by Gasteiger charge is 2.43. The first-order chi connectivity index (χ1) is 12.9. The molecule has 0 fully saturated rings. The summed E-state index contributed by atoms with van der Waals surface area (Å²) in [6.07, 6.45) is 4.91. The highest BCUT2D eigenvalue weighted by atomic mass is 28.5. The third-order valence-corrected chi connectivity index (χ3v) is 17.9. The molecule has 0 aliphatic heterocycles. The summed E-state index contributed by atoms with van der Waals surface area (Å²) in [4.78, 5) is 0. The van der Waals surface area contributed by atoms with Gasteiger partial charge in [-0.25, -0.2) is 0 Å². The molecule has 3 N–H and O–H groups in total. The SMILES string of the molecule is CCCC(C)C[Si](C)(C)O[Si](C)(CCCNCCN)O[Si](C)(C)CC(C)CC. The van der Waals surface area contributed by atoms with Gasteiger partial charge in [-0.2, -0.15) is 0 Å². The van der Waals surface area contributed by atoms with E-state index in [-0.39, 0.29) is 0 Å². The molecular weight excluding hydrogens is 397 g/mol. The van der Waals surface area contributed by atoms with E-state index in [2.05, 4.69) is 65.7 Å². The Morgan fingerprint density at radius 1 is 0.857 bits per heavy atom. The number of hydrogen-bond donors (Lipinski definition) is 2. The summed E-state index contributed by atoms with van der Waals surface area (Å²) in [7, 11) is -5.68. The molecule has 0 saturated heterocycles. The van der Waals surface area contributed by atoms with Crippen LogP contribution in [0.3, 0.4) is 0 Å². The van der Waals surface area contributed by atoms with Crippen molar-refractivity contribution < 1.29 is 8.23 Å². The summed E-state index contributed by atoms with van der Waals surface area (Å²) in [5, 5.41) is 3.43. The molecule has 3 unspecified atom stereocenters. The summed E-state index contributed by atoms with van der Waals surface area (Å²) in [5.74, 6) is 1.49. The van der Waals surface area contributed by atoms with Crippen LogP contribution in [0, 0.1) is 11.8 Å².